The lowest BCUT2D eigenvalue weighted by atomic mass is 10.2. The lowest BCUT2D eigenvalue weighted by Gasteiger charge is -2.04. The minimum Gasteiger partial charge on any atom is -0.305 e. The van der Waals surface area contributed by atoms with E-state index in [-0.39, 0.29) is 0 Å². The first-order valence-corrected chi connectivity index (χ1v) is 8.82. The van der Waals surface area contributed by atoms with Crippen molar-refractivity contribution >= 4 is 39.3 Å². The molecule has 0 bridgehead atoms. The Morgan fingerprint density at radius 2 is 1.91 bits per heavy atom. The van der Waals surface area contributed by atoms with Gasteiger partial charge in [0, 0.05) is 27.9 Å². The molecule has 0 N–H and O–H groups in total. The van der Waals surface area contributed by atoms with Crippen molar-refractivity contribution in [1.29, 1.82) is 0 Å². The van der Waals surface area contributed by atoms with Gasteiger partial charge in [-0.3, -0.25) is 0 Å². The van der Waals surface area contributed by atoms with E-state index < -0.39 is 0 Å². The highest BCUT2D eigenvalue weighted by Crippen LogP contribution is 2.26. The molecule has 0 atom stereocenters. The monoisotopic (exact) mass is 393 g/mol. The number of nitrogens with zero attached hydrogens (tertiary/aromatic N) is 3. The fourth-order valence-electron chi connectivity index (χ4n) is 2.07. The van der Waals surface area contributed by atoms with Gasteiger partial charge in [0.15, 0.2) is 11.0 Å². The quantitative estimate of drug-likeness (QED) is 0.570. The van der Waals surface area contributed by atoms with Gasteiger partial charge in [0.25, 0.3) is 0 Å². The first-order chi connectivity index (χ1) is 10.6. The van der Waals surface area contributed by atoms with Crippen LogP contribution in [0.25, 0.3) is 11.4 Å². The maximum absolute atomic E-state index is 5.92. The molecule has 0 fully saturated rings. The van der Waals surface area contributed by atoms with Crippen LogP contribution in [-0.4, -0.2) is 14.8 Å². The normalized spacial score (nSPS) is 10.9. The fraction of sp³-hybridized carbons (Fsp3) is 0.125. The molecule has 0 amide bonds. The molecule has 3 aromatic rings. The molecule has 0 aliphatic rings. The zero-order chi connectivity index (χ0) is 15.5. The molecule has 6 heteroatoms. The lowest BCUT2D eigenvalue weighted by Crippen LogP contribution is -1.95. The van der Waals surface area contributed by atoms with E-state index in [2.05, 4.69) is 38.3 Å². The van der Waals surface area contributed by atoms with E-state index >= 15 is 0 Å². The van der Waals surface area contributed by atoms with Gasteiger partial charge in [-0.2, -0.15) is 0 Å². The minimum absolute atomic E-state index is 0.718. The Morgan fingerprint density at radius 3 is 2.64 bits per heavy atom. The smallest absolute Gasteiger partial charge is 0.191 e. The van der Waals surface area contributed by atoms with Gasteiger partial charge in [0.1, 0.15) is 0 Å². The van der Waals surface area contributed by atoms with Crippen LogP contribution in [0, 0.1) is 0 Å². The summed E-state index contributed by atoms with van der Waals surface area (Å²) in [7, 11) is 1.98. The second-order valence-corrected chi connectivity index (χ2v) is 7.09. The molecule has 0 unspecified atom stereocenters. The highest BCUT2D eigenvalue weighted by Gasteiger charge is 2.11. The Balaban J connectivity index is 1.77. The van der Waals surface area contributed by atoms with Crippen molar-refractivity contribution in [2.45, 2.75) is 10.9 Å². The van der Waals surface area contributed by atoms with E-state index in [0.717, 1.165) is 31.8 Å². The van der Waals surface area contributed by atoms with Crippen molar-refractivity contribution in [1.82, 2.24) is 14.8 Å². The first-order valence-electron chi connectivity index (χ1n) is 6.66. The Morgan fingerprint density at radius 1 is 1.14 bits per heavy atom. The third-order valence-electron chi connectivity index (χ3n) is 3.19. The van der Waals surface area contributed by atoms with Crippen molar-refractivity contribution in [3.63, 3.8) is 0 Å². The minimum atomic E-state index is 0.718. The van der Waals surface area contributed by atoms with Gasteiger partial charge in [0.05, 0.1) is 0 Å². The van der Waals surface area contributed by atoms with Crippen LogP contribution in [-0.2, 0) is 12.8 Å². The molecule has 0 aliphatic carbocycles. The van der Waals surface area contributed by atoms with Gasteiger partial charge in [-0.25, -0.2) is 0 Å². The summed E-state index contributed by atoms with van der Waals surface area (Å²) in [6.45, 7) is 0. The summed E-state index contributed by atoms with van der Waals surface area (Å²) < 4.78 is 3.09. The molecule has 22 heavy (non-hydrogen) atoms. The third kappa shape index (κ3) is 3.54. The largest absolute Gasteiger partial charge is 0.305 e. The summed E-state index contributed by atoms with van der Waals surface area (Å²) in [5, 5.41) is 10.2. The summed E-state index contributed by atoms with van der Waals surface area (Å²) in [4.78, 5) is 0. The van der Waals surface area contributed by atoms with Crippen LogP contribution < -0.4 is 0 Å². The fourth-order valence-corrected chi connectivity index (χ4v) is 3.49. The standard InChI is InChI=1S/C16H13BrClN3S/c1-21-15(12-5-7-14(18)8-6-12)19-20-16(21)22-10-11-3-2-4-13(17)9-11/h2-9H,10H2,1H3. The summed E-state index contributed by atoms with van der Waals surface area (Å²) in [5.41, 5.74) is 2.25. The molecule has 3 nitrogen and oxygen atoms in total. The van der Waals surface area contributed by atoms with Crippen LogP contribution >= 0.6 is 39.3 Å². The first kappa shape index (κ1) is 15.6. The van der Waals surface area contributed by atoms with Gasteiger partial charge in [-0.1, -0.05) is 51.4 Å². The van der Waals surface area contributed by atoms with Crippen LogP contribution in [0.1, 0.15) is 5.56 Å². The van der Waals surface area contributed by atoms with Crippen molar-refractivity contribution in [3.05, 3.63) is 63.6 Å². The summed E-state index contributed by atoms with van der Waals surface area (Å²) in [6.07, 6.45) is 0. The molecule has 0 aliphatic heterocycles. The highest BCUT2D eigenvalue weighted by atomic mass is 79.9. The van der Waals surface area contributed by atoms with Crippen LogP contribution in [0.2, 0.25) is 5.02 Å². The average molecular weight is 395 g/mol. The molecular weight excluding hydrogens is 382 g/mol. The van der Waals surface area contributed by atoms with Gasteiger partial charge >= 0.3 is 0 Å². The van der Waals surface area contributed by atoms with Crippen molar-refractivity contribution in [2.75, 3.05) is 0 Å². The number of hydrogen-bond donors (Lipinski definition) is 0. The maximum Gasteiger partial charge on any atom is 0.191 e. The van der Waals surface area contributed by atoms with Gasteiger partial charge in [-0.15, -0.1) is 10.2 Å². The number of thioether (sulfide) groups is 1. The number of hydrogen-bond acceptors (Lipinski definition) is 3. The summed E-state index contributed by atoms with van der Waals surface area (Å²) >= 11 is 11.1. The number of rotatable bonds is 4. The second-order valence-electron chi connectivity index (χ2n) is 4.79. The predicted octanol–water partition coefficient (Wildman–Crippen LogP) is 5.19. The molecule has 3 rings (SSSR count). The molecule has 1 heterocycles. The van der Waals surface area contributed by atoms with Gasteiger partial charge < -0.3 is 4.57 Å². The second kappa shape index (κ2) is 6.86. The molecule has 2 aromatic carbocycles. The molecule has 0 saturated heterocycles. The van der Waals surface area contributed by atoms with Crippen LogP contribution in [0.3, 0.4) is 0 Å². The zero-order valence-corrected chi connectivity index (χ0v) is 15.0. The molecule has 0 radical (unpaired) electrons. The van der Waals surface area contributed by atoms with E-state index in [1.165, 1.54) is 5.56 Å². The third-order valence-corrected chi connectivity index (χ3v) is 5.03. The Labute approximate surface area is 146 Å². The molecule has 0 saturated carbocycles. The number of halogens is 2. The highest BCUT2D eigenvalue weighted by molar-refractivity contribution is 9.10. The van der Waals surface area contributed by atoms with Crippen molar-refractivity contribution < 1.29 is 0 Å². The predicted molar refractivity (Wildman–Crippen MR) is 95.2 cm³/mol. The van der Waals surface area contributed by atoms with Crippen molar-refractivity contribution in [3.8, 4) is 11.4 Å². The van der Waals surface area contributed by atoms with E-state index in [1.807, 2.05) is 48.0 Å². The molecule has 0 spiro atoms. The zero-order valence-electron chi connectivity index (χ0n) is 11.8. The van der Waals surface area contributed by atoms with E-state index in [4.69, 9.17) is 11.6 Å². The SMILES string of the molecule is Cn1c(SCc2cccc(Br)c2)nnc1-c1ccc(Cl)cc1. The van der Waals surface area contributed by atoms with Gasteiger partial charge in [0.2, 0.25) is 0 Å². The van der Waals surface area contributed by atoms with E-state index in [1.54, 1.807) is 11.8 Å². The van der Waals surface area contributed by atoms with Gasteiger partial charge in [-0.05, 0) is 42.0 Å². The average Bonchev–Trinajstić information content (AvgIpc) is 2.87. The Bertz CT molecular complexity index is 786. The topological polar surface area (TPSA) is 30.7 Å². The number of benzene rings is 2. The van der Waals surface area contributed by atoms with Crippen LogP contribution in [0.4, 0.5) is 0 Å². The maximum atomic E-state index is 5.92. The number of aromatic nitrogens is 3. The van der Waals surface area contributed by atoms with Crippen molar-refractivity contribution in [2.24, 2.45) is 7.05 Å². The Hall–Kier alpha value is -1.30. The molecule has 1 aromatic heterocycles. The lowest BCUT2D eigenvalue weighted by molar-refractivity contribution is 0.794. The molecular formula is C16H13BrClN3S. The molecule has 112 valence electrons. The van der Waals surface area contributed by atoms with Crippen LogP contribution in [0.5, 0.6) is 0 Å². The van der Waals surface area contributed by atoms with E-state index in [0.29, 0.717) is 0 Å². The van der Waals surface area contributed by atoms with E-state index in [9.17, 15) is 0 Å². The Kier molecular flexibility index (Phi) is 4.86. The van der Waals surface area contributed by atoms with Crippen LogP contribution in [0.15, 0.2) is 58.2 Å². The summed E-state index contributed by atoms with van der Waals surface area (Å²) in [5.74, 6) is 1.69. The summed E-state index contributed by atoms with van der Waals surface area (Å²) in [6, 6.07) is 15.9.